The van der Waals surface area contributed by atoms with E-state index in [1.807, 2.05) is 0 Å². The van der Waals surface area contributed by atoms with E-state index in [1.165, 1.54) is 0 Å². The number of rotatable bonds is 2. The lowest BCUT2D eigenvalue weighted by atomic mass is 9.89. The molecule has 2 aromatic carbocycles. The van der Waals surface area contributed by atoms with Crippen molar-refractivity contribution in [2.75, 3.05) is 6.61 Å². The maximum Gasteiger partial charge on any atom is 0.416 e. The number of halogens is 10. The van der Waals surface area contributed by atoms with Crippen LogP contribution in [-0.4, -0.2) is 12.3 Å². The Bertz CT molecular complexity index is 1080. The summed E-state index contributed by atoms with van der Waals surface area (Å²) in [5, 5.41) is 3.63. The quantitative estimate of drug-likeness (QED) is 0.405. The molecule has 0 spiro atoms. The average molecular weight is 504 g/mol. The first kappa shape index (κ1) is 23.7. The number of ether oxygens (including phenoxy) is 1. The fourth-order valence-corrected chi connectivity index (χ4v) is 3.94. The zero-order valence-corrected chi connectivity index (χ0v) is 16.7. The summed E-state index contributed by atoms with van der Waals surface area (Å²) < 4.78 is 124. The molecule has 0 bridgehead atoms. The van der Waals surface area contributed by atoms with E-state index in [-0.39, 0.29) is 29.0 Å². The first-order chi connectivity index (χ1) is 15.2. The summed E-state index contributed by atoms with van der Waals surface area (Å²) in [7, 11) is 0. The van der Waals surface area contributed by atoms with Crippen molar-refractivity contribution >= 4 is 17.3 Å². The molecule has 0 radical (unpaired) electrons. The van der Waals surface area contributed by atoms with Gasteiger partial charge in [0, 0.05) is 10.6 Å². The smallest absolute Gasteiger partial charge is 0.387 e. The second-order valence-electron chi connectivity index (χ2n) is 7.44. The van der Waals surface area contributed by atoms with Crippen molar-refractivity contribution in [1.82, 2.24) is 0 Å². The number of nitrogens with zero attached hydrogens (tertiary/aromatic N) is 1. The molecule has 3 atom stereocenters. The van der Waals surface area contributed by atoms with Crippen molar-refractivity contribution in [3.8, 4) is 0 Å². The monoisotopic (exact) mass is 503 g/mol. The van der Waals surface area contributed by atoms with Gasteiger partial charge in [0.2, 0.25) is 0 Å². The molecule has 33 heavy (non-hydrogen) atoms. The van der Waals surface area contributed by atoms with Crippen LogP contribution in [0.2, 0.25) is 5.02 Å². The van der Waals surface area contributed by atoms with Crippen molar-refractivity contribution in [1.29, 1.82) is 0 Å². The second-order valence-corrected chi connectivity index (χ2v) is 7.84. The topological polar surface area (TPSA) is 30.8 Å². The molecule has 13 heteroatoms. The maximum atomic E-state index is 13.2. The predicted octanol–water partition coefficient (Wildman–Crippen LogP) is 7.21. The fraction of sp³-hybridized carbons (Fsp3) is 0.350. The Morgan fingerprint density at radius 3 is 1.91 bits per heavy atom. The Balaban J connectivity index is 1.69. The van der Waals surface area contributed by atoms with Crippen LogP contribution in [0.3, 0.4) is 0 Å². The highest BCUT2D eigenvalue weighted by atomic mass is 35.5. The lowest BCUT2D eigenvalue weighted by molar-refractivity contribution is -0.143. The lowest BCUT2D eigenvalue weighted by Gasteiger charge is -2.19. The highest BCUT2D eigenvalue weighted by molar-refractivity contribution is 6.31. The highest BCUT2D eigenvalue weighted by Crippen LogP contribution is 2.47. The Labute approximate surface area is 184 Å². The van der Waals surface area contributed by atoms with E-state index in [0.717, 1.165) is 18.2 Å². The minimum Gasteiger partial charge on any atom is -0.387 e. The molecule has 2 aromatic rings. The van der Waals surface area contributed by atoms with Gasteiger partial charge in [0.15, 0.2) is 6.10 Å². The van der Waals surface area contributed by atoms with Gasteiger partial charge in [-0.15, -0.1) is 0 Å². The summed E-state index contributed by atoms with van der Waals surface area (Å²) in [5.74, 6) is -0.926. The number of fused-ring (bicyclic) bond motifs is 1. The van der Waals surface area contributed by atoms with E-state index in [4.69, 9.17) is 21.2 Å². The predicted molar refractivity (Wildman–Crippen MR) is 96.3 cm³/mol. The number of benzene rings is 2. The molecular formula is C20H11ClF9NO2. The van der Waals surface area contributed by atoms with Gasteiger partial charge >= 0.3 is 18.5 Å². The van der Waals surface area contributed by atoms with E-state index >= 15 is 0 Å². The third-order valence-corrected chi connectivity index (χ3v) is 5.62. The summed E-state index contributed by atoms with van der Waals surface area (Å²) in [6.45, 7) is -0.266. The number of oxime groups is 1. The van der Waals surface area contributed by atoms with Crippen molar-refractivity contribution in [3.05, 3.63) is 69.2 Å². The van der Waals surface area contributed by atoms with Crippen LogP contribution in [0, 0.1) is 5.92 Å². The zero-order chi connectivity index (χ0) is 24.3. The standard InChI is InChI=1S/C20H11ClF9NO2/c21-14-2-1-9(18(22,23)24)6-12(14)17-15-13(7-32-17)16(33-31-15)8-3-10(19(25,26)27)5-11(4-8)20(28,29)30/h1-6,13,16-17H,7H2/t13?,16?,17-/m0/s1. The summed E-state index contributed by atoms with van der Waals surface area (Å²) in [4.78, 5) is 5.14. The van der Waals surface area contributed by atoms with Gasteiger partial charge in [-0.3, -0.25) is 0 Å². The molecule has 0 aliphatic carbocycles. The summed E-state index contributed by atoms with van der Waals surface area (Å²) in [5.41, 5.74) is -4.59. The van der Waals surface area contributed by atoms with Gasteiger partial charge in [0.1, 0.15) is 11.8 Å². The molecule has 2 unspecified atom stereocenters. The Hall–Kier alpha value is -2.47. The molecule has 3 nitrogen and oxygen atoms in total. The van der Waals surface area contributed by atoms with E-state index in [2.05, 4.69) is 5.16 Å². The molecule has 4 rings (SSSR count). The average Bonchev–Trinajstić information content (AvgIpc) is 3.28. The van der Waals surface area contributed by atoms with Gasteiger partial charge in [0.25, 0.3) is 0 Å². The van der Waals surface area contributed by atoms with Crippen LogP contribution in [0.5, 0.6) is 0 Å². The summed E-state index contributed by atoms with van der Waals surface area (Å²) in [6, 6.07) is 3.53. The maximum absolute atomic E-state index is 13.2. The third kappa shape index (κ3) is 4.50. The van der Waals surface area contributed by atoms with Gasteiger partial charge in [-0.25, -0.2) is 0 Å². The molecular weight excluding hydrogens is 493 g/mol. The molecule has 0 saturated carbocycles. The van der Waals surface area contributed by atoms with Gasteiger partial charge in [-0.1, -0.05) is 16.8 Å². The normalized spacial score (nSPS) is 23.3. The van der Waals surface area contributed by atoms with E-state index in [9.17, 15) is 39.5 Å². The lowest BCUT2D eigenvalue weighted by Crippen LogP contribution is -2.19. The first-order valence-electron chi connectivity index (χ1n) is 9.17. The highest BCUT2D eigenvalue weighted by Gasteiger charge is 2.48. The molecule has 2 aliphatic rings. The van der Waals surface area contributed by atoms with Crippen LogP contribution >= 0.6 is 11.6 Å². The molecule has 0 aromatic heterocycles. The van der Waals surface area contributed by atoms with Crippen molar-refractivity contribution in [2.45, 2.75) is 30.7 Å². The molecule has 0 amide bonds. The van der Waals surface area contributed by atoms with Crippen LogP contribution in [0.4, 0.5) is 39.5 Å². The fourth-order valence-electron chi connectivity index (χ4n) is 3.72. The Morgan fingerprint density at radius 2 is 1.36 bits per heavy atom. The molecule has 1 fully saturated rings. The van der Waals surface area contributed by atoms with Crippen LogP contribution < -0.4 is 0 Å². The summed E-state index contributed by atoms with van der Waals surface area (Å²) >= 11 is 6.02. The van der Waals surface area contributed by atoms with Gasteiger partial charge in [0.05, 0.1) is 29.2 Å². The molecule has 0 N–H and O–H groups in total. The SMILES string of the molecule is FC(F)(F)c1cc(C2ON=C3C2CO[C@H]3c2cc(C(F)(F)F)ccc2Cl)cc(C(F)(F)F)c1. The molecule has 1 saturated heterocycles. The van der Waals surface area contributed by atoms with Crippen LogP contribution in [0.15, 0.2) is 41.6 Å². The van der Waals surface area contributed by atoms with Gasteiger partial charge in [-0.2, -0.15) is 39.5 Å². The minimum absolute atomic E-state index is 0.0173. The molecule has 178 valence electrons. The molecule has 2 aliphatic heterocycles. The van der Waals surface area contributed by atoms with Crippen molar-refractivity contribution in [3.63, 3.8) is 0 Å². The van der Waals surface area contributed by atoms with Crippen LogP contribution in [-0.2, 0) is 28.1 Å². The first-order valence-corrected chi connectivity index (χ1v) is 9.55. The zero-order valence-electron chi connectivity index (χ0n) is 15.9. The number of hydrogen-bond donors (Lipinski definition) is 0. The molecule has 2 heterocycles. The Kier molecular flexibility index (Phi) is 5.59. The summed E-state index contributed by atoms with van der Waals surface area (Å²) in [6.07, 6.45) is -17.4. The Morgan fingerprint density at radius 1 is 0.788 bits per heavy atom. The van der Waals surface area contributed by atoms with E-state index in [1.54, 1.807) is 0 Å². The van der Waals surface area contributed by atoms with E-state index < -0.39 is 58.9 Å². The third-order valence-electron chi connectivity index (χ3n) is 5.27. The van der Waals surface area contributed by atoms with Crippen LogP contribution in [0.25, 0.3) is 0 Å². The van der Waals surface area contributed by atoms with E-state index in [0.29, 0.717) is 12.1 Å². The minimum atomic E-state index is -5.06. The van der Waals surface area contributed by atoms with Gasteiger partial charge in [-0.05, 0) is 42.0 Å². The largest absolute Gasteiger partial charge is 0.416 e. The van der Waals surface area contributed by atoms with Crippen molar-refractivity contribution in [2.24, 2.45) is 11.1 Å². The number of hydrogen-bond acceptors (Lipinski definition) is 3. The van der Waals surface area contributed by atoms with Crippen molar-refractivity contribution < 1.29 is 49.1 Å². The second kappa shape index (κ2) is 7.79. The van der Waals surface area contributed by atoms with Gasteiger partial charge < -0.3 is 9.57 Å². The van der Waals surface area contributed by atoms with Crippen LogP contribution in [0.1, 0.15) is 40.0 Å². The number of alkyl halides is 9.